The van der Waals surface area contributed by atoms with Crippen LogP contribution in [0.25, 0.3) is 0 Å². The number of benzene rings is 2. The Balaban J connectivity index is 1.98. The number of hydrogen-bond acceptors (Lipinski definition) is 7. The van der Waals surface area contributed by atoms with E-state index in [2.05, 4.69) is 4.84 Å². The molecule has 0 fully saturated rings. The highest BCUT2D eigenvalue weighted by Gasteiger charge is 2.11. The number of aromatic hydroxyl groups is 1. The zero-order valence-corrected chi connectivity index (χ0v) is 12.8. The van der Waals surface area contributed by atoms with Crippen molar-refractivity contribution >= 4 is 5.97 Å². The van der Waals surface area contributed by atoms with Crippen LogP contribution >= 0.6 is 0 Å². The van der Waals surface area contributed by atoms with E-state index in [0.717, 1.165) is 0 Å². The van der Waals surface area contributed by atoms with Gasteiger partial charge in [-0.15, -0.1) is 10.1 Å². The Kier molecular flexibility index (Phi) is 5.56. The summed E-state index contributed by atoms with van der Waals surface area (Å²) in [5, 5.41) is 18.8. The molecule has 0 unspecified atom stereocenters. The first-order chi connectivity index (χ1) is 11.5. The van der Waals surface area contributed by atoms with E-state index in [4.69, 9.17) is 9.47 Å². The summed E-state index contributed by atoms with van der Waals surface area (Å²) >= 11 is 0. The molecule has 8 nitrogen and oxygen atoms in total. The van der Waals surface area contributed by atoms with E-state index in [0.29, 0.717) is 11.1 Å². The van der Waals surface area contributed by atoms with Crippen LogP contribution in [0.1, 0.15) is 21.5 Å². The second-order valence-electron chi connectivity index (χ2n) is 4.78. The predicted molar refractivity (Wildman–Crippen MR) is 82.0 cm³/mol. The minimum atomic E-state index is -0.870. The molecule has 0 spiro atoms. The lowest BCUT2D eigenvalue weighted by Crippen LogP contribution is -2.06. The van der Waals surface area contributed by atoms with Gasteiger partial charge in [0, 0.05) is 0 Å². The Hall–Kier alpha value is -3.29. The number of hydrogen-bond donors (Lipinski definition) is 1. The van der Waals surface area contributed by atoms with Gasteiger partial charge in [-0.1, -0.05) is 24.3 Å². The van der Waals surface area contributed by atoms with Gasteiger partial charge in [0.15, 0.2) is 11.5 Å². The van der Waals surface area contributed by atoms with Crippen molar-refractivity contribution in [3.63, 3.8) is 0 Å². The standard InChI is InChI=1S/C16H15NO7/c1-22-15-8-13(5-6-14(15)18)16(19)23-9-11-3-2-4-12(7-11)10-24-17(20)21/h2-8,18H,9-10H2,1H3. The van der Waals surface area contributed by atoms with Crippen molar-refractivity contribution in [2.45, 2.75) is 13.2 Å². The molecule has 2 rings (SSSR count). The van der Waals surface area contributed by atoms with Crippen molar-refractivity contribution in [2.75, 3.05) is 7.11 Å². The number of esters is 1. The van der Waals surface area contributed by atoms with Gasteiger partial charge in [0.25, 0.3) is 5.09 Å². The number of nitrogens with zero attached hydrogens (tertiary/aromatic N) is 1. The monoisotopic (exact) mass is 333 g/mol. The second kappa shape index (κ2) is 7.82. The number of carbonyl (C=O) groups is 1. The lowest BCUT2D eigenvalue weighted by Gasteiger charge is -2.08. The molecule has 0 saturated carbocycles. The maximum atomic E-state index is 12.0. The summed E-state index contributed by atoms with van der Waals surface area (Å²) in [6.07, 6.45) is 0. The lowest BCUT2D eigenvalue weighted by atomic mass is 10.1. The molecule has 0 amide bonds. The minimum absolute atomic E-state index is 0.00563. The van der Waals surface area contributed by atoms with Gasteiger partial charge >= 0.3 is 5.97 Å². The summed E-state index contributed by atoms with van der Waals surface area (Å²) in [7, 11) is 1.38. The smallest absolute Gasteiger partial charge is 0.338 e. The third kappa shape index (κ3) is 4.60. The molecular formula is C16H15NO7. The van der Waals surface area contributed by atoms with Gasteiger partial charge in [-0.25, -0.2) is 4.79 Å². The van der Waals surface area contributed by atoms with Gasteiger partial charge in [-0.3, -0.25) is 0 Å². The van der Waals surface area contributed by atoms with Gasteiger partial charge in [0.05, 0.1) is 12.7 Å². The number of ether oxygens (including phenoxy) is 2. The highest BCUT2D eigenvalue weighted by molar-refractivity contribution is 5.90. The highest BCUT2D eigenvalue weighted by atomic mass is 16.9. The van der Waals surface area contributed by atoms with E-state index < -0.39 is 11.1 Å². The molecular weight excluding hydrogens is 318 g/mol. The van der Waals surface area contributed by atoms with Crippen LogP contribution in [0.5, 0.6) is 11.5 Å². The number of phenolic OH excluding ortho intramolecular Hbond substituents is 1. The normalized spacial score (nSPS) is 10.0. The van der Waals surface area contributed by atoms with Gasteiger partial charge in [-0.2, -0.15) is 0 Å². The molecule has 0 atom stereocenters. The summed E-state index contributed by atoms with van der Waals surface area (Å²) in [6, 6.07) is 10.9. The molecule has 0 aromatic heterocycles. The molecule has 0 aliphatic heterocycles. The third-order valence-corrected chi connectivity index (χ3v) is 3.11. The van der Waals surface area contributed by atoms with E-state index in [9.17, 15) is 20.0 Å². The Morgan fingerprint density at radius 3 is 2.54 bits per heavy atom. The Morgan fingerprint density at radius 1 is 1.17 bits per heavy atom. The van der Waals surface area contributed by atoms with E-state index in [-0.39, 0.29) is 30.3 Å². The molecule has 8 heteroatoms. The van der Waals surface area contributed by atoms with Crippen LogP contribution in [0.3, 0.4) is 0 Å². The zero-order valence-electron chi connectivity index (χ0n) is 12.8. The number of rotatable bonds is 7. The van der Waals surface area contributed by atoms with Crippen molar-refractivity contribution in [1.82, 2.24) is 0 Å². The summed E-state index contributed by atoms with van der Waals surface area (Å²) < 4.78 is 10.1. The average molecular weight is 333 g/mol. The summed E-state index contributed by atoms with van der Waals surface area (Å²) in [6.45, 7) is -0.182. The maximum absolute atomic E-state index is 12.0. The highest BCUT2D eigenvalue weighted by Crippen LogP contribution is 2.26. The molecule has 2 aromatic rings. The van der Waals surface area contributed by atoms with Gasteiger partial charge < -0.3 is 19.4 Å². The van der Waals surface area contributed by atoms with Crippen LogP contribution in [0.4, 0.5) is 0 Å². The van der Waals surface area contributed by atoms with Crippen molar-refractivity contribution in [1.29, 1.82) is 0 Å². The molecule has 2 aromatic carbocycles. The largest absolute Gasteiger partial charge is 0.504 e. The second-order valence-corrected chi connectivity index (χ2v) is 4.78. The van der Waals surface area contributed by atoms with Crippen molar-refractivity contribution in [2.24, 2.45) is 0 Å². The molecule has 0 aliphatic rings. The van der Waals surface area contributed by atoms with Crippen LogP contribution in [0.2, 0.25) is 0 Å². The predicted octanol–water partition coefficient (Wildman–Crippen LogP) is 2.47. The molecule has 0 aliphatic carbocycles. The van der Waals surface area contributed by atoms with Crippen LogP contribution in [-0.2, 0) is 22.8 Å². The first-order valence-corrected chi connectivity index (χ1v) is 6.89. The average Bonchev–Trinajstić information content (AvgIpc) is 2.58. The topological polar surface area (TPSA) is 108 Å². The summed E-state index contributed by atoms with van der Waals surface area (Å²) in [4.78, 5) is 26.5. The van der Waals surface area contributed by atoms with E-state index in [1.807, 2.05) is 0 Å². The van der Waals surface area contributed by atoms with Crippen LogP contribution in [0, 0.1) is 10.1 Å². The molecule has 1 N–H and O–H groups in total. The number of phenols is 1. The maximum Gasteiger partial charge on any atom is 0.338 e. The summed E-state index contributed by atoms with van der Waals surface area (Å²) in [5.41, 5.74) is 1.49. The molecule has 0 radical (unpaired) electrons. The minimum Gasteiger partial charge on any atom is -0.504 e. The van der Waals surface area contributed by atoms with E-state index in [1.165, 1.54) is 25.3 Å². The molecule has 0 saturated heterocycles. The van der Waals surface area contributed by atoms with Crippen LogP contribution < -0.4 is 4.74 Å². The fraction of sp³-hybridized carbons (Fsp3) is 0.188. The van der Waals surface area contributed by atoms with Crippen LogP contribution in [-0.4, -0.2) is 23.3 Å². The Morgan fingerprint density at radius 2 is 1.88 bits per heavy atom. The van der Waals surface area contributed by atoms with Crippen molar-refractivity contribution in [3.05, 3.63) is 69.3 Å². The summed E-state index contributed by atoms with van der Waals surface area (Å²) in [5.74, 6) is -0.490. The number of methoxy groups -OCH3 is 1. The molecule has 0 heterocycles. The van der Waals surface area contributed by atoms with Gasteiger partial charge in [0.1, 0.15) is 13.2 Å². The molecule has 0 bridgehead atoms. The van der Waals surface area contributed by atoms with Crippen molar-refractivity contribution in [3.8, 4) is 11.5 Å². The van der Waals surface area contributed by atoms with Crippen LogP contribution in [0.15, 0.2) is 42.5 Å². The Labute approximate surface area is 137 Å². The van der Waals surface area contributed by atoms with Gasteiger partial charge in [0.2, 0.25) is 0 Å². The van der Waals surface area contributed by atoms with E-state index >= 15 is 0 Å². The fourth-order valence-corrected chi connectivity index (χ4v) is 1.97. The molecule has 126 valence electrons. The molecule has 24 heavy (non-hydrogen) atoms. The zero-order chi connectivity index (χ0) is 17.5. The fourth-order valence-electron chi connectivity index (χ4n) is 1.97. The number of carbonyl (C=O) groups excluding carboxylic acids is 1. The van der Waals surface area contributed by atoms with Crippen molar-refractivity contribution < 1.29 is 29.3 Å². The van der Waals surface area contributed by atoms with E-state index in [1.54, 1.807) is 24.3 Å². The third-order valence-electron chi connectivity index (χ3n) is 3.11. The first kappa shape index (κ1) is 17.1. The first-order valence-electron chi connectivity index (χ1n) is 6.89. The SMILES string of the molecule is COc1cc(C(=O)OCc2cccc(CO[N+](=O)[O-])c2)ccc1O. The quantitative estimate of drug-likeness (QED) is 0.471. The lowest BCUT2D eigenvalue weighted by molar-refractivity contribution is -0.763. The Bertz CT molecular complexity index is 745. The van der Waals surface area contributed by atoms with Gasteiger partial charge in [-0.05, 0) is 29.3 Å².